The summed E-state index contributed by atoms with van der Waals surface area (Å²) in [4.78, 5) is 19.9. The molecular formula is C46H28N6S. The van der Waals surface area contributed by atoms with Gasteiger partial charge in [0.05, 0.1) is 22.1 Å². The second-order valence-corrected chi connectivity index (χ2v) is 14.3. The van der Waals surface area contributed by atoms with Crippen molar-refractivity contribution in [1.82, 2.24) is 28.9 Å². The van der Waals surface area contributed by atoms with Crippen molar-refractivity contribution in [3.05, 3.63) is 170 Å². The molecule has 4 heterocycles. The molecule has 0 N–H and O–H groups in total. The van der Waals surface area contributed by atoms with Gasteiger partial charge in [0.1, 0.15) is 0 Å². The molecule has 11 rings (SSSR count). The van der Waals surface area contributed by atoms with E-state index in [9.17, 15) is 0 Å². The minimum atomic E-state index is 0.623. The first-order chi connectivity index (χ1) is 26.2. The first-order valence-electron chi connectivity index (χ1n) is 17.6. The molecule has 0 saturated heterocycles. The molecule has 0 aliphatic rings. The average molecular weight is 697 g/mol. The summed E-state index contributed by atoms with van der Waals surface area (Å²) in [5.74, 6) is 2.77. The zero-order valence-corrected chi connectivity index (χ0v) is 29.1. The molecule has 0 atom stereocenters. The number of rotatable bonds is 5. The van der Waals surface area contributed by atoms with E-state index in [0.717, 1.165) is 50.2 Å². The van der Waals surface area contributed by atoms with Gasteiger partial charge in [-0.2, -0.15) is 0 Å². The van der Waals surface area contributed by atoms with E-state index in [1.165, 1.54) is 31.3 Å². The van der Waals surface area contributed by atoms with Crippen LogP contribution < -0.4 is 0 Å². The molecule has 0 amide bonds. The molecule has 7 aromatic carbocycles. The van der Waals surface area contributed by atoms with Crippen LogP contribution in [-0.2, 0) is 0 Å². The minimum Gasteiger partial charge on any atom is -0.278 e. The number of hydrogen-bond donors (Lipinski definition) is 0. The van der Waals surface area contributed by atoms with Crippen LogP contribution in [0, 0.1) is 0 Å². The maximum atomic E-state index is 5.16. The standard InChI is InChI=1S/C46H28N6S/c1-3-11-29(12-4-1)43-48-44(30-13-5-2-6-14-30)50-45(49-43)31-19-23-34(24-20-31)51-39-25-21-33(28-40(39)52-38-17-9-8-16-37(38)47-46(51)52)32-22-26-42-36(27-32)35-15-7-10-18-41(35)53-42/h1-28H. The largest absolute Gasteiger partial charge is 0.278 e. The summed E-state index contributed by atoms with van der Waals surface area (Å²) in [6, 6.07) is 59.2. The smallest absolute Gasteiger partial charge is 0.220 e. The Bertz CT molecular complexity index is 3100. The molecule has 0 bridgehead atoms. The van der Waals surface area contributed by atoms with Gasteiger partial charge in [-0.05, 0) is 77.9 Å². The Kier molecular flexibility index (Phi) is 6.62. The van der Waals surface area contributed by atoms with Crippen LogP contribution in [0.2, 0.25) is 0 Å². The maximum Gasteiger partial charge on any atom is 0.220 e. The molecule has 6 nitrogen and oxygen atoms in total. The van der Waals surface area contributed by atoms with Gasteiger partial charge in [-0.15, -0.1) is 11.3 Å². The van der Waals surface area contributed by atoms with Crippen molar-refractivity contribution in [2.75, 3.05) is 0 Å². The number of nitrogens with zero attached hydrogens (tertiary/aromatic N) is 6. The first kappa shape index (κ1) is 29.7. The Hall–Kier alpha value is -6.96. The van der Waals surface area contributed by atoms with Crippen molar-refractivity contribution < 1.29 is 0 Å². The summed E-state index contributed by atoms with van der Waals surface area (Å²) >= 11 is 1.85. The van der Waals surface area contributed by atoms with Gasteiger partial charge in [0.15, 0.2) is 17.5 Å². The van der Waals surface area contributed by atoms with Gasteiger partial charge in [0, 0.05) is 42.6 Å². The molecule has 248 valence electrons. The fourth-order valence-corrected chi connectivity index (χ4v) is 8.52. The minimum absolute atomic E-state index is 0.623. The maximum absolute atomic E-state index is 5.16. The van der Waals surface area contributed by atoms with E-state index in [-0.39, 0.29) is 0 Å². The predicted octanol–water partition coefficient (Wildman–Crippen LogP) is 11.7. The highest BCUT2D eigenvalue weighted by molar-refractivity contribution is 7.25. The molecule has 0 unspecified atom stereocenters. The number of hydrogen-bond acceptors (Lipinski definition) is 5. The lowest BCUT2D eigenvalue weighted by Crippen LogP contribution is -2.00. The first-order valence-corrected chi connectivity index (χ1v) is 18.4. The van der Waals surface area contributed by atoms with E-state index in [2.05, 4.69) is 112 Å². The Morgan fingerprint density at radius 3 is 1.68 bits per heavy atom. The van der Waals surface area contributed by atoms with E-state index in [1.807, 2.05) is 78.1 Å². The highest BCUT2D eigenvalue weighted by Crippen LogP contribution is 2.38. The quantitative estimate of drug-likeness (QED) is 0.180. The van der Waals surface area contributed by atoms with Crippen molar-refractivity contribution in [2.45, 2.75) is 0 Å². The highest BCUT2D eigenvalue weighted by atomic mass is 32.1. The van der Waals surface area contributed by atoms with E-state index in [1.54, 1.807) is 0 Å². The molecule has 0 aliphatic heterocycles. The average Bonchev–Trinajstić information content (AvgIpc) is 3.89. The van der Waals surface area contributed by atoms with Gasteiger partial charge >= 0.3 is 0 Å². The van der Waals surface area contributed by atoms with Gasteiger partial charge in [0.2, 0.25) is 5.78 Å². The number of imidazole rings is 2. The summed E-state index contributed by atoms with van der Waals surface area (Å²) < 4.78 is 7.15. The van der Waals surface area contributed by atoms with Crippen LogP contribution in [0.25, 0.3) is 99.0 Å². The zero-order valence-electron chi connectivity index (χ0n) is 28.3. The Labute approximate surface area is 307 Å². The van der Waals surface area contributed by atoms with E-state index in [0.29, 0.717) is 17.5 Å². The van der Waals surface area contributed by atoms with Crippen LogP contribution in [0.5, 0.6) is 0 Å². The summed E-state index contributed by atoms with van der Waals surface area (Å²) in [5.41, 5.74) is 10.4. The van der Waals surface area contributed by atoms with Gasteiger partial charge in [-0.25, -0.2) is 19.9 Å². The van der Waals surface area contributed by atoms with Crippen molar-refractivity contribution >= 4 is 59.4 Å². The SMILES string of the molecule is c1ccc(-c2nc(-c3ccccc3)nc(-c3ccc(-n4c5ccc(-c6ccc7sc8ccccc8c7c6)cc5n5c6ccccc6nc45)cc3)n2)cc1. The Morgan fingerprint density at radius 1 is 0.377 bits per heavy atom. The lowest BCUT2D eigenvalue weighted by molar-refractivity contribution is 1.07. The third kappa shape index (κ3) is 4.86. The number of thiophene rings is 1. The Morgan fingerprint density at radius 2 is 0.943 bits per heavy atom. The third-order valence-electron chi connectivity index (χ3n) is 9.99. The monoisotopic (exact) mass is 696 g/mol. The van der Waals surface area contributed by atoms with Crippen LogP contribution in [0.15, 0.2) is 170 Å². The van der Waals surface area contributed by atoms with Crippen molar-refractivity contribution in [1.29, 1.82) is 0 Å². The van der Waals surface area contributed by atoms with Gasteiger partial charge < -0.3 is 0 Å². The second kappa shape index (κ2) is 11.8. The molecule has 0 fully saturated rings. The third-order valence-corrected chi connectivity index (χ3v) is 11.1. The molecule has 0 saturated carbocycles. The van der Waals surface area contributed by atoms with E-state index in [4.69, 9.17) is 19.9 Å². The van der Waals surface area contributed by atoms with Crippen molar-refractivity contribution in [3.63, 3.8) is 0 Å². The molecule has 4 aromatic heterocycles. The molecule has 0 spiro atoms. The number of para-hydroxylation sites is 2. The molecule has 0 aliphatic carbocycles. The predicted molar refractivity (Wildman–Crippen MR) is 218 cm³/mol. The molecular weight excluding hydrogens is 669 g/mol. The normalized spacial score (nSPS) is 11.8. The fraction of sp³-hybridized carbons (Fsp3) is 0. The van der Waals surface area contributed by atoms with Crippen LogP contribution in [-0.4, -0.2) is 28.9 Å². The topological polar surface area (TPSA) is 60.9 Å². The molecule has 53 heavy (non-hydrogen) atoms. The van der Waals surface area contributed by atoms with Crippen LogP contribution >= 0.6 is 11.3 Å². The fourth-order valence-electron chi connectivity index (χ4n) is 7.44. The lowest BCUT2D eigenvalue weighted by atomic mass is 10.0. The van der Waals surface area contributed by atoms with Crippen LogP contribution in [0.4, 0.5) is 0 Å². The second-order valence-electron chi connectivity index (χ2n) is 13.2. The number of fused-ring (bicyclic) bond motifs is 8. The van der Waals surface area contributed by atoms with Crippen LogP contribution in [0.1, 0.15) is 0 Å². The molecule has 7 heteroatoms. The Balaban J connectivity index is 1.06. The summed E-state index contributed by atoms with van der Waals surface area (Å²) in [6.07, 6.45) is 0. The molecule has 0 radical (unpaired) electrons. The van der Waals surface area contributed by atoms with Gasteiger partial charge in [0.25, 0.3) is 0 Å². The van der Waals surface area contributed by atoms with Crippen molar-refractivity contribution in [3.8, 4) is 51.0 Å². The summed E-state index contributed by atoms with van der Waals surface area (Å²) in [7, 11) is 0. The van der Waals surface area contributed by atoms with Gasteiger partial charge in [-0.1, -0.05) is 103 Å². The van der Waals surface area contributed by atoms with Crippen molar-refractivity contribution in [2.24, 2.45) is 0 Å². The molecule has 11 aromatic rings. The summed E-state index contributed by atoms with van der Waals surface area (Å²) in [5, 5.41) is 2.60. The van der Waals surface area contributed by atoms with E-state index < -0.39 is 0 Å². The number of aromatic nitrogens is 6. The van der Waals surface area contributed by atoms with E-state index >= 15 is 0 Å². The van der Waals surface area contributed by atoms with Gasteiger partial charge in [-0.3, -0.25) is 8.97 Å². The summed E-state index contributed by atoms with van der Waals surface area (Å²) in [6.45, 7) is 0. The van der Waals surface area contributed by atoms with Crippen LogP contribution in [0.3, 0.4) is 0 Å². The number of benzene rings is 7. The zero-order chi connectivity index (χ0) is 34.9. The lowest BCUT2D eigenvalue weighted by Gasteiger charge is -2.10. The highest BCUT2D eigenvalue weighted by Gasteiger charge is 2.19.